The lowest BCUT2D eigenvalue weighted by molar-refractivity contribution is -0.121. The summed E-state index contributed by atoms with van der Waals surface area (Å²) in [5.41, 5.74) is 0. The number of rotatable bonds is 12. The minimum Gasteiger partial charge on any atom is -0.393 e. The van der Waals surface area contributed by atoms with E-state index in [2.05, 4.69) is 0 Å². The van der Waals surface area contributed by atoms with Gasteiger partial charge in [-0.15, -0.1) is 11.3 Å². The van der Waals surface area contributed by atoms with Crippen LogP contribution in [0.25, 0.3) is 0 Å². The average molecular weight is 457 g/mol. The van der Waals surface area contributed by atoms with Crippen LogP contribution in [0.2, 0.25) is 5.02 Å². The average Bonchev–Trinajstić information content (AvgIpc) is 3.17. The van der Waals surface area contributed by atoms with Gasteiger partial charge in [0.1, 0.15) is 6.61 Å². The summed E-state index contributed by atoms with van der Waals surface area (Å²) < 4.78 is 0. The summed E-state index contributed by atoms with van der Waals surface area (Å²) >= 11 is 7.72. The molecule has 7 heteroatoms. The molecule has 0 amide bonds. The molecule has 1 unspecified atom stereocenters. The van der Waals surface area contributed by atoms with Gasteiger partial charge in [0.05, 0.1) is 23.3 Å². The quantitative estimate of drug-likeness (QED) is 0.284. The van der Waals surface area contributed by atoms with Crippen molar-refractivity contribution in [2.45, 2.75) is 70.2 Å². The standard InChI is InChI=1S/C23H33ClO5S/c1-15-21(24)12-18(30-15)10-8-16(26)9-11-20-19(22(28)13-23(20)29)7-5-3-2-4-6-17(27)14-25/h3,5,9,11-12,16,19-20,22-23,25-26,28-29H,2,4,6-8,10,13-14H2,1H3/t16?,19-,20-,22+,23-/m1/s1. The van der Waals surface area contributed by atoms with Crippen LogP contribution >= 0.6 is 22.9 Å². The van der Waals surface area contributed by atoms with E-state index in [0.29, 0.717) is 32.1 Å². The third kappa shape index (κ3) is 7.91. The molecule has 4 N–H and O–H groups in total. The Morgan fingerprint density at radius 2 is 2.10 bits per heavy atom. The molecular weight excluding hydrogens is 424 g/mol. The second-order valence-corrected chi connectivity index (χ2v) is 9.76. The Labute approximate surface area is 187 Å². The van der Waals surface area contributed by atoms with Crippen LogP contribution in [0.4, 0.5) is 0 Å². The van der Waals surface area contributed by atoms with Gasteiger partial charge in [-0.3, -0.25) is 4.79 Å². The first-order valence-corrected chi connectivity index (χ1v) is 11.8. The zero-order valence-corrected chi connectivity index (χ0v) is 19.0. The van der Waals surface area contributed by atoms with Crippen LogP contribution < -0.4 is 0 Å². The van der Waals surface area contributed by atoms with Crippen LogP contribution in [0.5, 0.6) is 0 Å². The first-order chi connectivity index (χ1) is 14.3. The summed E-state index contributed by atoms with van der Waals surface area (Å²) in [5, 5.41) is 40.4. The number of halogens is 1. The van der Waals surface area contributed by atoms with E-state index in [4.69, 9.17) is 16.7 Å². The summed E-state index contributed by atoms with van der Waals surface area (Å²) in [6, 6.07) is 1.94. The fourth-order valence-electron chi connectivity index (χ4n) is 3.86. The minimum atomic E-state index is -0.622. The molecule has 0 aliphatic heterocycles. The van der Waals surface area contributed by atoms with Gasteiger partial charge in [-0.05, 0) is 51.0 Å². The van der Waals surface area contributed by atoms with Gasteiger partial charge < -0.3 is 20.4 Å². The van der Waals surface area contributed by atoms with Crippen LogP contribution in [0.3, 0.4) is 0 Å². The highest BCUT2D eigenvalue weighted by Crippen LogP contribution is 2.36. The third-order valence-corrected chi connectivity index (χ3v) is 7.26. The Hall–Kier alpha value is -1.02. The Morgan fingerprint density at radius 1 is 1.33 bits per heavy atom. The molecule has 1 saturated carbocycles. The maximum atomic E-state index is 11.1. The highest BCUT2D eigenvalue weighted by atomic mass is 35.5. The van der Waals surface area contributed by atoms with E-state index in [9.17, 15) is 20.1 Å². The fraction of sp³-hybridized carbons (Fsp3) is 0.609. The lowest BCUT2D eigenvalue weighted by Gasteiger charge is -2.19. The molecule has 1 heterocycles. The summed E-state index contributed by atoms with van der Waals surface area (Å²) in [6.45, 7) is 1.57. The number of hydrogen-bond donors (Lipinski definition) is 4. The number of hydrogen-bond acceptors (Lipinski definition) is 6. The number of ketones is 1. The maximum absolute atomic E-state index is 11.1. The lowest BCUT2D eigenvalue weighted by atomic mass is 9.89. The third-order valence-electron chi connectivity index (χ3n) is 5.64. The molecule has 30 heavy (non-hydrogen) atoms. The Morgan fingerprint density at radius 3 is 2.77 bits per heavy atom. The van der Waals surface area contributed by atoms with E-state index in [1.54, 1.807) is 17.4 Å². The van der Waals surface area contributed by atoms with Crippen LogP contribution in [0, 0.1) is 18.8 Å². The van der Waals surface area contributed by atoms with Gasteiger partial charge in [-0.2, -0.15) is 0 Å². The lowest BCUT2D eigenvalue weighted by Crippen LogP contribution is -2.20. The van der Waals surface area contributed by atoms with Crippen molar-refractivity contribution in [2.75, 3.05) is 6.61 Å². The molecule has 1 aromatic rings. The molecule has 1 fully saturated rings. The van der Waals surface area contributed by atoms with Crippen LogP contribution in [0.1, 0.15) is 48.3 Å². The molecule has 0 spiro atoms. The second kappa shape index (κ2) is 12.7. The molecule has 1 aromatic heterocycles. The van der Waals surface area contributed by atoms with Crippen LogP contribution in [-0.2, 0) is 11.2 Å². The van der Waals surface area contributed by atoms with Gasteiger partial charge >= 0.3 is 0 Å². The molecule has 1 aliphatic rings. The SMILES string of the molecule is Cc1sc(CCC(O)C=C[C@@H]2[C@@H](CC=CCCCC(=O)CO)[C@@H](O)C[C@H]2O)cc1Cl. The zero-order valence-electron chi connectivity index (χ0n) is 17.4. The first-order valence-electron chi connectivity index (χ1n) is 10.6. The Bertz CT molecular complexity index is 710. The number of carbonyl (C=O) groups is 1. The number of thiophene rings is 1. The maximum Gasteiger partial charge on any atom is 0.158 e. The molecule has 0 aromatic carbocycles. The number of Topliss-reactive ketones (excluding diaryl/α,β-unsaturated/α-hetero) is 1. The summed E-state index contributed by atoms with van der Waals surface area (Å²) in [6.07, 6.45) is 9.79. The predicted octanol–water partition coefficient (Wildman–Crippen LogP) is 3.60. The van der Waals surface area contributed by atoms with Gasteiger partial charge in [0.25, 0.3) is 0 Å². The van der Waals surface area contributed by atoms with E-state index < -0.39 is 24.9 Å². The summed E-state index contributed by atoms with van der Waals surface area (Å²) in [5.74, 6) is -0.454. The largest absolute Gasteiger partial charge is 0.393 e. The molecule has 1 aliphatic carbocycles. The van der Waals surface area contributed by atoms with E-state index in [0.717, 1.165) is 27.6 Å². The highest BCUT2D eigenvalue weighted by Gasteiger charge is 2.39. The van der Waals surface area contributed by atoms with Crippen molar-refractivity contribution >= 4 is 28.7 Å². The molecule has 5 atom stereocenters. The van der Waals surface area contributed by atoms with Crippen LogP contribution in [0.15, 0.2) is 30.4 Å². The van der Waals surface area contributed by atoms with Gasteiger partial charge in [0, 0.05) is 28.5 Å². The topological polar surface area (TPSA) is 98.0 Å². The smallest absolute Gasteiger partial charge is 0.158 e. The van der Waals surface area contributed by atoms with Gasteiger partial charge in [0.15, 0.2) is 5.78 Å². The van der Waals surface area contributed by atoms with Crippen molar-refractivity contribution in [2.24, 2.45) is 11.8 Å². The van der Waals surface area contributed by atoms with Gasteiger partial charge in [-0.1, -0.05) is 35.9 Å². The molecule has 0 bridgehead atoms. The van der Waals surface area contributed by atoms with Gasteiger partial charge in [0.2, 0.25) is 0 Å². The number of aryl methyl sites for hydroxylation is 2. The number of carbonyl (C=O) groups excluding carboxylic acids is 1. The van der Waals surface area contributed by atoms with Crippen LogP contribution in [-0.4, -0.2) is 51.1 Å². The summed E-state index contributed by atoms with van der Waals surface area (Å²) in [7, 11) is 0. The second-order valence-electron chi connectivity index (χ2n) is 8.02. The van der Waals surface area contributed by atoms with Crippen molar-refractivity contribution in [1.82, 2.24) is 0 Å². The molecule has 168 valence electrons. The predicted molar refractivity (Wildman–Crippen MR) is 121 cm³/mol. The minimum absolute atomic E-state index is 0.0995. The van der Waals surface area contributed by atoms with E-state index in [-0.39, 0.29) is 17.6 Å². The van der Waals surface area contributed by atoms with E-state index in [1.807, 2.05) is 31.2 Å². The number of aliphatic hydroxyl groups excluding tert-OH is 4. The molecular formula is C23H33ClO5S. The number of aliphatic hydroxyl groups is 4. The molecule has 0 radical (unpaired) electrons. The molecule has 5 nitrogen and oxygen atoms in total. The van der Waals surface area contributed by atoms with E-state index in [1.165, 1.54) is 0 Å². The van der Waals surface area contributed by atoms with Crippen molar-refractivity contribution in [1.29, 1.82) is 0 Å². The molecule has 0 saturated heterocycles. The zero-order chi connectivity index (χ0) is 22.1. The Kier molecular flexibility index (Phi) is 10.7. The van der Waals surface area contributed by atoms with E-state index >= 15 is 0 Å². The van der Waals surface area contributed by atoms with Crippen molar-refractivity contribution in [3.63, 3.8) is 0 Å². The van der Waals surface area contributed by atoms with Crippen molar-refractivity contribution in [3.8, 4) is 0 Å². The van der Waals surface area contributed by atoms with Crippen molar-refractivity contribution < 1.29 is 25.2 Å². The fourth-order valence-corrected chi connectivity index (χ4v) is 5.12. The number of unbranched alkanes of at least 4 members (excludes halogenated alkanes) is 1. The monoisotopic (exact) mass is 456 g/mol. The van der Waals surface area contributed by atoms with Crippen molar-refractivity contribution in [3.05, 3.63) is 45.1 Å². The Balaban J connectivity index is 1.81. The van der Waals surface area contributed by atoms with Gasteiger partial charge in [-0.25, -0.2) is 0 Å². The highest BCUT2D eigenvalue weighted by molar-refractivity contribution is 7.12. The summed E-state index contributed by atoms with van der Waals surface area (Å²) in [4.78, 5) is 13.3. The first kappa shape index (κ1) is 25.2. The normalized spacial score (nSPS) is 25.5. The molecule has 2 rings (SSSR count). The number of allylic oxidation sites excluding steroid dienone is 2.